The van der Waals surface area contributed by atoms with Crippen LogP contribution in [-0.2, 0) is 0 Å². The number of anilines is 1. The van der Waals surface area contributed by atoms with Gasteiger partial charge in [-0.1, -0.05) is 18.2 Å². The Bertz CT molecular complexity index is 670. The van der Waals surface area contributed by atoms with Gasteiger partial charge in [0.15, 0.2) is 0 Å². The highest BCUT2D eigenvalue weighted by molar-refractivity contribution is 6.03. The number of para-hydroxylation sites is 2. The third-order valence-electron chi connectivity index (χ3n) is 2.36. The van der Waals surface area contributed by atoms with Gasteiger partial charge >= 0.3 is 6.61 Å². The Labute approximate surface area is 112 Å². The fourth-order valence-electron chi connectivity index (χ4n) is 1.54. The number of benzene rings is 1. The smallest absolute Gasteiger partial charge is 0.387 e. The van der Waals surface area contributed by atoms with Gasteiger partial charge in [0.2, 0.25) is 5.56 Å². The maximum atomic E-state index is 12.2. The Morgan fingerprint density at radius 1 is 1.15 bits per heavy atom. The molecule has 5 nitrogen and oxygen atoms in total. The molecule has 0 aliphatic carbocycles. The number of aromatic amines is 1. The Morgan fingerprint density at radius 2 is 1.90 bits per heavy atom. The highest BCUT2D eigenvalue weighted by Gasteiger charge is 2.12. The zero-order valence-corrected chi connectivity index (χ0v) is 10.1. The lowest BCUT2D eigenvalue weighted by Crippen LogP contribution is -2.18. The minimum absolute atomic E-state index is 0.0179. The van der Waals surface area contributed by atoms with Gasteiger partial charge in [0.1, 0.15) is 11.4 Å². The van der Waals surface area contributed by atoms with Crippen LogP contribution >= 0.6 is 0 Å². The summed E-state index contributed by atoms with van der Waals surface area (Å²) in [6.45, 7) is -3.00. The summed E-state index contributed by atoms with van der Waals surface area (Å²) in [7, 11) is 0. The molecule has 0 aliphatic rings. The van der Waals surface area contributed by atoms with Crippen LogP contribution < -0.4 is 15.6 Å². The number of hydrogen-bond acceptors (Lipinski definition) is 3. The van der Waals surface area contributed by atoms with Crippen LogP contribution in [-0.4, -0.2) is 17.5 Å². The van der Waals surface area contributed by atoms with Crippen LogP contribution in [0.1, 0.15) is 10.5 Å². The van der Waals surface area contributed by atoms with Crippen molar-refractivity contribution in [3.05, 3.63) is 58.5 Å². The second-order valence-electron chi connectivity index (χ2n) is 3.76. The second kappa shape index (κ2) is 5.96. The average molecular weight is 280 g/mol. The number of carbonyl (C=O) groups is 1. The standard InChI is InChI=1S/C13H10F2N2O3/c14-13(15)20-10-6-2-1-4-8(10)17-12(19)9-5-3-7-11(18)16-9/h1-7,13H,(H,16,18)(H,17,19). The molecule has 0 bridgehead atoms. The van der Waals surface area contributed by atoms with Crippen LogP contribution in [0.4, 0.5) is 14.5 Å². The number of hydrogen-bond donors (Lipinski definition) is 2. The minimum Gasteiger partial charge on any atom is -0.433 e. The van der Waals surface area contributed by atoms with Crippen LogP contribution in [0.25, 0.3) is 0 Å². The molecule has 1 aromatic heterocycles. The molecule has 0 spiro atoms. The quantitative estimate of drug-likeness (QED) is 0.902. The monoisotopic (exact) mass is 280 g/mol. The maximum Gasteiger partial charge on any atom is 0.387 e. The van der Waals surface area contributed by atoms with E-state index in [9.17, 15) is 18.4 Å². The van der Waals surface area contributed by atoms with E-state index in [1.54, 1.807) is 6.07 Å². The van der Waals surface area contributed by atoms with Gasteiger partial charge in [-0.25, -0.2) is 0 Å². The van der Waals surface area contributed by atoms with Crippen molar-refractivity contribution in [2.75, 3.05) is 5.32 Å². The van der Waals surface area contributed by atoms with Crippen molar-refractivity contribution in [1.29, 1.82) is 0 Å². The van der Waals surface area contributed by atoms with E-state index in [1.807, 2.05) is 0 Å². The van der Waals surface area contributed by atoms with E-state index in [4.69, 9.17) is 0 Å². The van der Waals surface area contributed by atoms with Gasteiger partial charge in [0.25, 0.3) is 5.91 Å². The summed E-state index contributed by atoms with van der Waals surface area (Å²) in [6, 6.07) is 9.83. The van der Waals surface area contributed by atoms with E-state index in [0.29, 0.717) is 0 Å². The van der Waals surface area contributed by atoms with Crippen LogP contribution in [0.3, 0.4) is 0 Å². The van der Waals surface area contributed by atoms with Crippen LogP contribution in [0.5, 0.6) is 5.75 Å². The summed E-state index contributed by atoms with van der Waals surface area (Å²) in [5.74, 6) is -0.790. The van der Waals surface area contributed by atoms with E-state index in [0.717, 1.165) is 0 Å². The van der Waals surface area contributed by atoms with Crippen molar-refractivity contribution in [2.45, 2.75) is 6.61 Å². The molecule has 7 heteroatoms. The van der Waals surface area contributed by atoms with Gasteiger partial charge in [-0.2, -0.15) is 8.78 Å². The van der Waals surface area contributed by atoms with Crippen LogP contribution in [0.15, 0.2) is 47.3 Å². The van der Waals surface area contributed by atoms with Gasteiger partial charge in [0, 0.05) is 6.07 Å². The third-order valence-corrected chi connectivity index (χ3v) is 2.36. The molecule has 0 aliphatic heterocycles. The molecule has 0 fully saturated rings. The molecule has 0 saturated heterocycles. The molecular weight excluding hydrogens is 270 g/mol. The fourth-order valence-corrected chi connectivity index (χ4v) is 1.54. The summed E-state index contributed by atoms with van der Waals surface area (Å²) >= 11 is 0. The number of H-pyrrole nitrogens is 1. The SMILES string of the molecule is O=C(Nc1ccccc1OC(F)F)c1cccc(=O)[nH]1. The Hall–Kier alpha value is -2.70. The van der Waals surface area contributed by atoms with E-state index in [-0.39, 0.29) is 17.1 Å². The second-order valence-corrected chi connectivity index (χ2v) is 3.76. The van der Waals surface area contributed by atoms with Crippen LogP contribution in [0, 0.1) is 0 Å². The Balaban J connectivity index is 2.22. The first-order valence-electron chi connectivity index (χ1n) is 5.61. The molecule has 20 heavy (non-hydrogen) atoms. The average Bonchev–Trinajstić information content (AvgIpc) is 2.40. The fraction of sp³-hybridized carbons (Fsp3) is 0.0769. The van der Waals surface area contributed by atoms with Gasteiger partial charge in [-0.3, -0.25) is 9.59 Å². The third kappa shape index (κ3) is 3.41. The zero-order chi connectivity index (χ0) is 14.5. The summed E-state index contributed by atoms with van der Waals surface area (Å²) in [5, 5.41) is 2.39. The summed E-state index contributed by atoms with van der Waals surface area (Å²) in [5.41, 5.74) is -0.332. The molecule has 1 heterocycles. The summed E-state index contributed by atoms with van der Waals surface area (Å²) in [6.07, 6.45) is 0. The van der Waals surface area contributed by atoms with E-state index in [1.165, 1.54) is 36.4 Å². The van der Waals surface area contributed by atoms with E-state index in [2.05, 4.69) is 15.0 Å². The van der Waals surface area contributed by atoms with E-state index < -0.39 is 18.1 Å². The predicted octanol–water partition coefficient (Wildman–Crippen LogP) is 2.23. The van der Waals surface area contributed by atoms with Gasteiger partial charge in [-0.15, -0.1) is 0 Å². The topological polar surface area (TPSA) is 71.2 Å². The largest absolute Gasteiger partial charge is 0.433 e. The van der Waals surface area contributed by atoms with Gasteiger partial charge < -0.3 is 15.0 Å². The highest BCUT2D eigenvalue weighted by atomic mass is 19.3. The van der Waals surface area contributed by atoms with Crippen molar-refractivity contribution in [2.24, 2.45) is 0 Å². The number of aromatic nitrogens is 1. The lowest BCUT2D eigenvalue weighted by atomic mass is 10.2. The summed E-state index contributed by atoms with van der Waals surface area (Å²) < 4.78 is 28.7. The first-order valence-corrected chi connectivity index (χ1v) is 5.61. The normalized spacial score (nSPS) is 10.3. The predicted molar refractivity (Wildman–Crippen MR) is 68.1 cm³/mol. The van der Waals surface area contributed by atoms with Crippen molar-refractivity contribution in [3.63, 3.8) is 0 Å². The highest BCUT2D eigenvalue weighted by Crippen LogP contribution is 2.25. The minimum atomic E-state index is -3.00. The number of amides is 1. The first kappa shape index (κ1) is 13.7. The molecule has 2 N–H and O–H groups in total. The van der Waals surface area contributed by atoms with Gasteiger partial charge in [-0.05, 0) is 18.2 Å². The van der Waals surface area contributed by atoms with Crippen molar-refractivity contribution < 1.29 is 18.3 Å². The van der Waals surface area contributed by atoms with E-state index >= 15 is 0 Å². The maximum absolute atomic E-state index is 12.2. The van der Waals surface area contributed by atoms with Crippen molar-refractivity contribution in [3.8, 4) is 5.75 Å². The lowest BCUT2D eigenvalue weighted by Gasteiger charge is -2.11. The molecule has 2 aromatic rings. The first-order chi connectivity index (χ1) is 9.56. The molecule has 0 saturated carbocycles. The number of ether oxygens (including phenoxy) is 1. The number of nitrogens with one attached hydrogen (secondary N) is 2. The summed E-state index contributed by atoms with van der Waals surface area (Å²) in [4.78, 5) is 25.3. The molecule has 1 amide bonds. The van der Waals surface area contributed by atoms with Gasteiger partial charge in [0.05, 0.1) is 5.69 Å². The zero-order valence-electron chi connectivity index (χ0n) is 10.1. The molecular formula is C13H10F2N2O3. The molecule has 0 unspecified atom stereocenters. The molecule has 0 atom stereocenters. The van der Waals surface area contributed by atoms with Crippen molar-refractivity contribution >= 4 is 11.6 Å². The Kier molecular flexibility index (Phi) is 4.09. The number of pyridine rings is 1. The number of rotatable bonds is 4. The molecule has 104 valence electrons. The van der Waals surface area contributed by atoms with Crippen LogP contribution in [0.2, 0.25) is 0 Å². The number of halogens is 2. The molecule has 0 radical (unpaired) electrons. The number of carbonyl (C=O) groups excluding carboxylic acids is 1. The lowest BCUT2D eigenvalue weighted by molar-refractivity contribution is -0.0493. The Morgan fingerprint density at radius 3 is 2.60 bits per heavy atom. The molecule has 1 aromatic carbocycles. The van der Waals surface area contributed by atoms with Crippen molar-refractivity contribution in [1.82, 2.24) is 4.98 Å². The number of alkyl halides is 2. The molecule has 2 rings (SSSR count).